The van der Waals surface area contributed by atoms with E-state index < -0.39 is 36.0 Å². The van der Waals surface area contributed by atoms with Crippen molar-refractivity contribution in [2.75, 3.05) is 30.4 Å². The lowest BCUT2D eigenvalue weighted by Gasteiger charge is -2.19. The number of ether oxygens (including phenoxy) is 1. The van der Waals surface area contributed by atoms with Crippen LogP contribution >= 0.6 is 0 Å². The second-order valence-electron chi connectivity index (χ2n) is 8.89. The number of aliphatic hydroxyl groups is 2. The highest BCUT2D eigenvalue weighted by Gasteiger charge is 2.38. The molecule has 0 aliphatic carbocycles. The molecule has 0 saturated heterocycles. The van der Waals surface area contributed by atoms with Gasteiger partial charge in [-0.3, -0.25) is 0 Å². The zero-order chi connectivity index (χ0) is 32.0. The number of hydrogen-bond donors (Lipinski definition) is 6. The fraction of sp³-hybridized carbons (Fsp3) is 0.286. The fourth-order valence-electron chi connectivity index (χ4n) is 3.40. The molecule has 0 radical (unpaired) electrons. The summed E-state index contributed by atoms with van der Waals surface area (Å²) in [4.78, 5) is 21.1. The molecule has 234 valence electrons. The summed E-state index contributed by atoms with van der Waals surface area (Å²) < 4.78 is 76.5. The summed E-state index contributed by atoms with van der Waals surface area (Å²) >= 11 is 0. The molecule has 3 rings (SSSR count). The van der Waals surface area contributed by atoms with Crippen molar-refractivity contribution in [2.24, 2.45) is 0 Å². The van der Waals surface area contributed by atoms with E-state index in [4.69, 9.17) is 14.6 Å². The topological polar surface area (TPSA) is 140 Å². The first-order valence-corrected chi connectivity index (χ1v) is 12.5. The number of rotatable bonds is 11. The molecule has 15 heteroatoms. The Morgan fingerprint density at radius 1 is 0.837 bits per heavy atom. The number of urea groups is 1. The molecule has 3 aromatic rings. The smallest absolute Gasteiger partial charge is 0.490 e. The number of aliphatic hydroxyl groups excluding tert-OH is 2. The lowest BCUT2D eigenvalue weighted by atomic mass is 10.1. The lowest BCUT2D eigenvalue weighted by molar-refractivity contribution is -0.192. The zero-order valence-corrected chi connectivity index (χ0v) is 22.3. The molecule has 2 atom stereocenters. The first kappa shape index (κ1) is 34.9. The highest BCUT2D eigenvalue weighted by Crippen LogP contribution is 2.34. The Hall–Kier alpha value is -4.34. The van der Waals surface area contributed by atoms with Crippen molar-refractivity contribution < 1.29 is 56.0 Å². The molecule has 2 amide bonds. The monoisotopic (exact) mass is 617 g/mol. The van der Waals surface area contributed by atoms with E-state index in [0.717, 1.165) is 11.6 Å². The molecule has 43 heavy (non-hydrogen) atoms. The molecule has 0 heterocycles. The van der Waals surface area contributed by atoms with Crippen LogP contribution in [0.1, 0.15) is 11.1 Å². The van der Waals surface area contributed by atoms with E-state index in [-0.39, 0.29) is 31.5 Å². The summed E-state index contributed by atoms with van der Waals surface area (Å²) in [7, 11) is 0. The van der Waals surface area contributed by atoms with Crippen molar-refractivity contribution in [3.05, 3.63) is 90.0 Å². The van der Waals surface area contributed by atoms with E-state index >= 15 is 0 Å². The Bertz CT molecular complexity index is 1290. The Kier molecular flexibility index (Phi) is 13.2. The van der Waals surface area contributed by atoms with Crippen LogP contribution in [0.4, 0.5) is 42.5 Å². The maximum atomic E-state index is 13.1. The van der Waals surface area contributed by atoms with Crippen LogP contribution in [-0.4, -0.2) is 65.4 Å². The van der Waals surface area contributed by atoms with E-state index in [2.05, 4.69) is 16.0 Å². The number of halogens is 6. The quantitative estimate of drug-likeness (QED) is 0.168. The van der Waals surface area contributed by atoms with Gasteiger partial charge in [0.15, 0.2) is 0 Å². The van der Waals surface area contributed by atoms with Gasteiger partial charge in [0.2, 0.25) is 0 Å². The first-order chi connectivity index (χ1) is 20.2. The molecule has 0 aromatic heterocycles. The molecule has 0 bridgehead atoms. The summed E-state index contributed by atoms with van der Waals surface area (Å²) in [6.07, 6.45) is -9.99. The van der Waals surface area contributed by atoms with Crippen LogP contribution in [0, 0.1) is 0 Å². The number of anilines is 2. The molecule has 3 aromatic carbocycles. The molecule has 0 saturated carbocycles. The van der Waals surface area contributed by atoms with E-state index in [0.29, 0.717) is 17.9 Å². The Balaban J connectivity index is 0.000000821. The summed E-state index contributed by atoms with van der Waals surface area (Å²) in [5.41, 5.74) is -0.0326. The van der Waals surface area contributed by atoms with E-state index in [1.807, 2.05) is 18.2 Å². The summed E-state index contributed by atoms with van der Waals surface area (Å²) in [5, 5.41) is 34.8. The van der Waals surface area contributed by atoms with Crippen LogP contribution in [0.15, 0.2) is 78.9 Å². The van der Waals surface area contributed by atoms with Gasteiger partial charge >= 0.3 is 24.4 Å². The fourth-order valence-corrected chi connectivity index (χ4v) is 3.40. The van der Waals surface area contributed by atoms with E-state index in [1.165, 1.54) is 18.2 Å². The average Bonchev–Trinajstić information content (AvgIpc) is 2.95. The van der Waals surface area contributed by atoms with Gasteiger partial charge in [0.1, 0.15) is 18.5 Å². The van der Waals surface area contributed by atoms with Gasteiger partial charge in [-0.1, -0.05) is 42.5 Å². The normalized spacial score (nSPS) is 12.7. The van der Waals surface area contributed by atoms with Gasteiger partial charge in [-0.2, -0.15) is 26.3 Å². The third-order valence-corrected chi connectivity index (χ3v) is 5.47. The van der Waals surface area contributed by atoms with Crippen molar-refractivity contribution >= 4 is 23.4 Å². The number of para-hydroxylation sites is 2. The number of amides is 2. The maximum Gasteiger partial charge on any atom is 0.490 e. The van der Waals surface area contributed by atoms with Crippen molar-refractivity contribution in [2.45, 2.75) is 30.9 Å². The predicted molar refractivity (Wildman–Crippen MR) is 145 cm³/mol. The summed E-state index contributed by atoms with van der Waals surface area (Å²) in [5.74, 6) is -2.10. The molecule has 0 unspecified atom stereocenters. The van der Waals surface area contributed by atoms with Crippen LogP contribution in [0.3, 0.4) is 0 Å². The average molecular weight is 618 g/mol. The van der Waals surface area contributed by atoms with Crippen LogP contribution in [0.5, 0.6) is 5.75 Å². The SMILES string of the molecule is O=C(Nc1ccc(C[C@@H](CO)NC[C@H](O)COc2ccccc2)cc1)Nc1ccccc1C(F)(F)F.O=C(O)C(F)(F)F. The number of hydrogen-bond acceptors (Lipinski definition) is 6. The van der Waals surface area contributed by atoms with E-state index in [1.54, 1.807) is 36.4 Å². The third kappa shape index (κ3) is 13.0. The third-order valence-electron chi connectivity index (χ3n) is 5.47. The van der Waals surface area contributed by atoms with Gasteiger partial charge in [-0.05, 0) is 48.4 Å². The lowest BCUT2D eigenvalue weighted by Crippen LogP contribution is -2.41. The number of carboxylic acids is 1. The number of carbonyl (C=O) groups is 2. The number of carboxylic acid groups (broad SMARTS) is 1. The Morgan fingerprint density at radius 3 is 1.98 bits per heavy atom. The summed E-state index contributed by atoms with van der Waals surface area (Å²) in [6.45, 7) is 0.162. The van der Waals surface area contributed by atoms with Gasteiger partial charge < -0.3 is 36.0 Å². The van der Waals surface area contributed by atoms with Crippen molar-refractivity contribution in [3.63, 3.8) is 0 Å². The van der Waals surface area contributed by atoms with Gasteiger partial charge in [0, 0.05) is 18.3 Å². The standard InChI is InChI=1S/C26H28F3N3O4.C2HF3O2/c27-26(28,29)23-8-4-5-9-24(23)32-25(35)31-19-12-10-18(11-13-19)14-20(16-33)30-15-21(34)17-36-22-6-2-1-3-7-22;3-2(4,5)1(6)7/h1-13,20-21,30,33-34H,14-17H2,(H2,31,32,35);(H,6,7)/t20-,21-;/m0./s1. The van der Waals surface area contributed by atoms with Gasteiger partial charge in [-0.25, -0.2) is 9.59 Å². The molecule has 0 aliphatic heterocycles. The van der Waals surface area contributed by atoms with E-state index in [9.17, 15) is 41.4 Å². The van der Waals surface area contributed by atoms with Crippen molar-refractivity contribution in [1.82, 2.24) is 5.32 Å². The first-order valence-electron chi connectivity index (χ1n) is 12.5. The minimum Gasteiger partial charge on any atom is -0.491 e. The molecule has 0 aliphatic rings. The molecule has 0 spiro atoms. The van der Waals surface area contributed by atoms with Gasteiger partial charge in [0.05, 0.1) is 17.9 Å². The molecule has 0 fully saturated rings. The molecular formula is C28H29F6N3O6. The largest absolute Gasteiger partial charge is 0.491 e. The predicted octanol–water partition coefficient (Wildman–Crippen LogP) is 4.92. The number of nitrogens with one attached hydrogen (secondary N) is 3. The molecular weight excluding hydrogens is 588 g/mol. The molecule has 6 N–H and O–H groups in total. The van der Waals surface area contributed by atoms with Crippen LogP contribution < -0.4 is 20.7 Å². The second kappa shape index (κ2) is 16.3. The minimum atomic E-state index is -5.08. The number of alkyl halides is 6. The van der Waals surface area contributed by atoms with Crippen LogP contribution in [-0.2, 0) is 17.4 Å². The van der Waals surface area contributed by atoms with Gasteiger partial charge in [0.25, 0.3) is 0 Å². The second-order valence-corrected chi connectivity index (χ2v) is 8.89. The summed E-state index contributed by atoms with van der Waals surface area (Å²) in [6, 6.07) is 19.4. The van der Waals surface area contributed by atoms with Gasteiger partial charge in [-0.15, -0.1) is 0 Å². The number of benzene rings is 3. The van der Waals surface area contributed by atoms with Crippen molar-refractivity contribution in [1.29, 1.82) is 0 Å². The molecule has 9 nitrogen and oxygen atoms in total. The van der Waals surface area contributed by atoms with Crippen molar-refractivity contribution in [3.8, 4) is 5.75 Å². The minimum absolute atomic E-state index is 0.102. The Morgan fingerprint density at radius 2 is 1.42 bits per heavy atom. The number of aliphatic carboxylic acids is 1. The maximum absolute atomic E-state index is 13.1. The Labute approximate surface area is 242 Å². The number of carbonyl (C=O) groups excluding carboxylic acids is 1. The zero-order valence-electron chi connectivity index (χ0n) is 22.3. The highest BCUT2D eigenvalue weighted by molar-refractivity contribution is 6.00. The highest BCUT2D eigenvalue weighted by atomic mass is 19.4. The van der Waals surface area contributed by atoms with Crippen LogP contribution in [0.25, 0.3) is 0 Å². The van der Waals surface area contributed by atoms with Crippen LogP contribution in [0.2, 0.25) is 0 Å².